The van der Waals surface area contributed by atoms with E-state index in [1.165, 1.54) is 16.7 Å². The lowest BCUT2D eigenvalue weighted by atomic mass is 10.0. The molecule has 0 aliphatic carbocycles. The van der Waals surface area contributed by atoms with Gasteiger partial charge >= 0.3 is 0 Å². The first kappa shape index (κ1) is 14.2. The molecule has 0 heterocycles. The predicted octanol–water partition coefficient (Wildman–Crippen LogP) is 3.12. The van der Waals surface area contributed by atoms with Crippen molar-refractivity contribution in [2.75, 3.05) is 13.2 Å². The first-order valence-electron chi connectivity index (χ1n) is 6.56. The summed E-state index contributed by atoms with van der Waals surface area (Å²) >= 11 is 0. The molecule has 2 nitrogen and oxygen atoms in total. The molecule has 0 bridgehead atoms. The molecule has 0 saturated carbocycles. The molecule has 0 amide bonds. The second-order valence-electron chi connectivity index (χ2n) is 4.82. The number of aryl methyl sites for hydroxylation is 2. The van der Waals surface area contributed by atoms with Crippen LogP contribution in [0.5, 0.6) is 0 Å². The highest BCUT2D eigenvalue weighted by atomic mass is 16.2. The zero-order valence-corrected chi connectivity index (χ0v) is 11.3. The number of rotatable bonds is 7. The van der Waals surface area contributed by atoms with Crippen LogP contribution in [0.2, 0.25) is 0 Å². The Hall–Kier alpha value is -0.860. The topological polar surface area (TPSA) is 32.3 Å². The fourth-order valence-corrected chi connectivity index (χ4v) is 2.15. The van der Waals surface area contributed by atoms with Gasteiger partial charge in [0.1, 0.15) is 0 Å². The van der Waals surface area contributed by atoms with Crippen molar-refractivity contribution >= 4 is 0 Å². The number of hydrogen-bond acceptors (Lipinski definition) is 2. The maximum absolute atomic E-state index is 8.69. The van der Waals surface area contributed by atoms with Crippen LogP contribution in [-0.4, -0.2) is 18.3 Å². The molecule has 2 N–H and O–H groups in total. The molecule has 1 unspecified atom stereocenters. The smallest absolute Gasteiger partial charge is 0.0431 e. The Bertz CT molecular complexity index is 336. The molecule has 0 fully saturated rings. The summed E-state index contributed by atoms with van der Waals surface area (Å²) in [5.41, 5.74) is 4.07. The van der Waals surface area contributed by atoms with Gasteiger partial charge in [0, 0.05) is 12.6 Å². The van der Waals surface area contributed by atoms with Crippen molar-refractivity contribution in [3.63, 3.8) is 0 Å². The summed E-state index contributed by atoms with van der Waals surface area (Å²) in [5.74, 6) is 0. The van der Waals surface area contributed by atoms with Crippen molar-refractivity contribution in [1.82, 2.24) is 5.32 Å². The lowest BCUT2D eigenvalue weighted by molar-refractivity contribution is 0.282. The third-order valence-electron chi connectivity index (χ3n) is 3.18. The van der Waals surface area contributed by atoms with Gasteiger partial charge in [-0.2, -0.15) is 0 Å². The Labute approximate surface area is 105 Å². The fraction of sp³-hybridized carbons (Fsp3) is 0.600. The Morgan fingerprint density at radius 2 is 1.94 bits per heavy atom. The van der Waals surface area contributed by atoms with E-state index >= 15 is 0 Å². The van der Waals surface area contributed by atoms with E-state index in [1.807, 2.05) is 0 Å². The van der Waals surface area contributed by atoms with Crippen LogP contribution in [0, 0.1) is 13.8 Å². The average molecular weight is 235 g/mol. The summed E-state index contributed by atoms with van der Waals surface area (Å²) in [6, 6.07) is 7.03. The van der Waals surface area contributed by atoms with Crippen LogP contribution < -0.4 is 5.32 Å². The molecule has 0 radical (unpaired) electrons. The molecule has 2 heteroatoms. The molecule has 1 aromatic rings. The largest absolute Gasteiger partial charge is 0.396 e. The van der Waals surface area contributed by atoms with E-state index in [9.17, 15) is 0 Å². The molecule has 0 aliphatic heterocycles. The maximum Gasteiger partial charge on any atom is 0.0431 e. The maximum atomic E-state index is 8.69. The summed E-state index contributed by atoms with van der Waals surface area (Å²) in [6.07, 6.45) is 3.15. The Morgan fingerprint density at radius 3 is 2.59 bits per heavy atom. The molecular weight excluding hydrogens is 210 g/mol. The Kier molecular flexibility index (Phi) is 6.23. The van der Waals surface area contributed by atoms with Crippen LogP contribution in [0.15, 0.2) is 18.2 Å². The van der Waals surface area contributed by atoms with E-state index in [0.29, 0.717) is 12.6 Å². The normalized spacial score (nSPS) is 12.7. The van der Waals surface area contributed by atoms with E-state index in [4.69, 9.17) is 5.11 Å². The summed E-state index contributed by atoms with van der Waals surface area (Å²) in [6.45, 7) is 7.85. The number of aliphatic hydroxyl groups excluding tert-OH is 1. The fourth-order valence-electron chi connectivity index (χ4n) is 2.15. The van der Waals surface area contributed by atoms with Crippen molar-refractivity contribution in [3.8, 4) is 0 Å². The van der Waals surface area contributed by atoms with E-state index in [1.54, 1.807) is 0 Å². The van der Waals surface area contributed by atoms with Gasteiger partial charge in [-0.25, -0.2) is 0 Å². The van der Waals surface area contributed by atoms with Gasteiger partial charge in [0.15, 0.2) is 0 Å². The van der Waals surface area contributed by atoms with Crippen molar-refractivity contribution in [3.05, 3.63) is 34.9 Å². The van der Waals surface area contributed by atoms with Crippen molar-refractivity contribution in [1.29, 1.82) is 0 Å². The average Bonchev–Trinajstić information content (AvgIpc) is 2.28. The molecule has 96 valence electrons. The summed E-state index contributed by atoms with van der Waals surface area (Å²) in [4.78, 5) is 0. The summed E-state index contributed by atoms with van der Waals surface area (Å²) in [7, 11) is 0. The molecular formula is C15H25NO. The van der Waals surface area contributed by atoms with Crippen LogP contribution in [0.3, 0.4) is 0 Å². The lowest BCUT2D eigenvalue weighted by Crippen LogP contribution is -2.20. The predicted molar refractivity (Wildman–Crippen MR) is 73.3 cm³/mol. The minimum atomic E-state index is 0.312. The van der Waals surface area contributed by atoms with Gasteiger partial charge in [-0.1, -0.05) is 23.8 Å². The van der Waals surface area contributed by atoms with Gasteiger partial charge in [0.05, 0.1) is 0 Å². The quantitative estimate of drug-likeness (QED) is 0.712. The summed E-state index contributed by atoms with van der Waals surface area (Å²) in [5, 5.41) is 12.2. The molecule has 17 heavy (non-hydrogen) atoms. The monoisotopic (exact) mass is 235 g/mol. The molecule has 0 aliphatic rings. The van der Waals surface area contributed by atoms with E-state index in [0.717, 1.165) is 25.8 Å². The van der Waals surface area contributed by atoms with Crippen LogP contribution in [-0.2, 0) is 0 Å². The number of aliphatic hydroxyl groups is 1. The first-order chi connectivity index (χ1) is 8.15. The van der Waals surface area contributed by atoms with Crippen LogP contribution in [0.4, 0.5) is 0 Å². The second kappa shape index (κ2) is 7.46. The van der Waals surface area contributed by atoms with Crippen LogP contribution >= 0.6 is 0 Å². The molecule has 1 rings (SSSR count). The number of hydrogen-bond donors (Lipinski definition) is 2. The molecule has 0 spiro atoms. The highest BCUT2D eigenvalue weighted by Crippen LogP contribution is 2.18. The van der Waals surface area contributed by atoms with Crippen molar-refractivity contribution in [2.45, 2.75) is 46.1 Å². The van der Waals surface area contributed by atoms with E-state index in [-0.39, 0.29) is 0 Å². The number of benzene rings is 1. The van der Waals surface area contributed by atoms with E-state index in [2.05, 4.69) is 44.3 Å². The van der Waals surface area contributed by atoms with Crippen molar-refractivity contribution in [2.24, 2.45) is 0 Å². The highest BCUT2D eigenvalue weighted by Gasteiger charge is 2.07. The number of nitrogens with one attached hydrogen (secondary N) is 1. The minimum absolute atomic E-state index is 0.312. The molecule has 0 aromatic heterocycles. The van der Waals surface area contributed by atoms with Gasteiger partial charge in [0.2, 0.25) is 0 Å². The first-order valence-corrected chi connectivity index (χ1v) is 6.56. The standard InChI is InChI=1S/C15H25NO/c1-12-7-8-15(13(2)11-12)14(3)16-9-5-4-6-10-17/h7-8,11,14,16-17H,4-6,9-10H2,1-3H3. The molecule has 1 aromatic carbocycles. The third-order valence-corrected chi connectivity index (χ3v) is 3.18. The Morgan fingerprint density at radius 1 is 1.18 bits per heavy atom. The zero-order valence-electron chi connectivity index (χ0n) is 11.3. The van der Waals surface area contributed by atoms with Gasteiger partial charge in [0.25, 0.3) is 0 Å². The minimum Gasteiger partial charge on any atom is -0.396 e. The lowest BCUT2D eigenvalue weighted by Gasteiger charge is -2.17. The highest BCUT2D eigenvalue weighted by molar-refractivity contribution is 5.32. The Balaban J connectivity index is 2.38. The molecule has 0 saturated heterocycles. The van der Waals surface area contributed by atoms with Gasteiger partial charge in [-0.05, 0) is 57.7 Å². The van der Waals surface area contributed by atoms with Crippen LogP contribution in [0.25, 0.3) is 0 Å². The van der Waals surface area contributed by atoms with Gasteiger partial charge in [-0.3, -0.25) is 0 Å². The number of unbranched alkanes of at least 4 members (excludes halogenated alkanes) is 2. The van der Waals surface area contributed by atoms with Crippen molar-refractivity contribution < 1.29 is 5.11 Å². The van der Waals surface area contributed by atoms with E-state index < -0.39 is 0 Å². The van der Waals surface area contributed by atoms with Gasteiger partial charge < -0.3 is 10.4 Å². The SMILES string of the molecule is Cc1ccc(C(C)NCCCCCO)c(C)c1. The van der Waals surface area contributed by atoms with Gasteiger partial charge in [-0.15, -0.1) is 0 Å². The molecule has 1 atom stereocenters. The zero-order chi connectivity index (χ0) is 12.7. The summed E-state index contributed by atoms with van der Waals surface area (Å²) < 4.78 is 0. The van der Waals surface area contributed by atoms with Crippen LogP contribution in [0.1, 0.15) is 48.9 Å². The second-order valence-corrected chi connectivity index (χ2v) is 4.82. The third kappa shape index (κ3) is 4.88.